The van der Waals surface area contributed by atoms with Crippen molar-refractivity contribution >= 4 is 38.6 Å². The Balaban J connectivity index is 1.25. The van der Waals surface area contributed by atoms with Crippen LogP contribution in [0.2, 0.25) is 0 Å². The first-order valence-electron chi connectivity index (χ1n) is 11.4. The van der Waals surface area contributed by atoms with E-state index in [-0.39, 0.29) is 0 Å². The second-order valence-corrected chi connectivity index (χ2v) is 10.4. The van der Waals surface area contributed by atoms with Crippen LogP contribution in [-0.4, -0.2) is 58.8 Å². The van der Waals surface area contributed by atoms with E-state index in [4.69, 9.17) is 23.6 Å². The third-order valence-corrected chi connectivity index (χ3v) is 8.21. The van der Waals surface area contributed by atoms with Crippen LogP contribution in [0.25, 0.3) is 27.4 Å². The summed E-state index contributed by atoms with van der Waals surface area (Å²) in [5.74, 6) is 2.52. The van der Waals surface area contributed by atoms with E-state index in [2.05, 4.69) is 27.4 Å². The summed E-state index contributed by atoms with van der Waals surface area (Å²) in [5, 5.41) is 9.06. The fourth-order valence-corrected chi connectivity index (χ4v) is 5.99. The zero-order valence-electron chi connectivity index (χ0n) is 19.7. The molecule has 5 heterocycles. The number of thiazole rings is 1. The lowest BCUT2D eigenvalue weighted by molar-refractivity contribution is 0.254. The molecule has 9 nitrogen and oxygen atoms in total. The monoisotopic (exact) mass is 511 g/mol. The van der Waals surface area contributed by atoms with Gasteiger partial charge in [0, 0.05) is 23.4 Å². The average Bonchev–Trinajstić information content (AvgIpc) is 3.65. The van der Waals surface area contributed by atoms with Crippen molar-refractivity contribution in [1.82, 2.24) is 24.5 Å². The number of aromatic nitrogens is 4. The Morgan fingerprint density at radius 3 is 2.74 bits per heavy atom. The third-order valence-electron chi connectivity index (χ3n) is 6.27. The van der Waals surface area contributed by atoms with Gasteiger partial charge in [-0.3, -0.25) is 0 Å². The lowest BCUT2D eigenvalue weighted by Gasteiger charge is -2.27. The minimum absolute atomic E-state index is 0.385. The molecule has 1 fully saturated rings. The Kier molecular flexibility index (Phi) is 5.83. The minimum atomic E-state index is 0.385. The maximum Gasteiger partial charge on any atom is 0.294 e. The van der Waals surface area contributed by atoms with Crippen LogP contribution in [0, 0.1) is 0 Å². The highest BCUT2D eigenvalue weighted by molar-refractivity contribution is 7.18. The fourth-order valence-electron chi connectivity index (χ4n) is 4.31. The van der Waals surface area contributed by atoms with E-state index in [1.165, 1.54) is 16.3 Å². The zero-order chi connectivity index (χ0) is 23.9. The first-order chi connectivity index (χ1) is 17.1. The van der Waals surface area contributed by atoms with Gasteiger partial charge in [0.05, 0.1) is 36.5 Å². The Labute approximate surface area is 209 Å². The van der Waals surface area contributed by atoms with Crippen LogP contribution in [0.3, 0.4) is 0 Å². The van der Waals surface area contributed by atoms with Gasteiger partial charge in [0.1, 0.15) is 29.4 Å². The summed E-state index contributed by atoms with van der Waals surface area (Å²) in [6, 6.07) is 5.68. The number of piperidine rings is 1. The van der Waals surface area contributed by atoms with Crippen LogP contribution >= 0.6 is 22.7 Å². The summed E-state index contributed by atoms with van der Waals surface area (Å²) in [6.45, 7) is 2.63. The Morgan fingerprint density at radius 2 is 1.97 bits per heavy atom. The number of likely N-dealkylation sites (tertiary alicyclic amines) is 1. The van der Waals surface area contributed by atoms with Crippen molar-refractivity contribution in [2.45, 2.75) is 25.4 Å². The molecule has 35 heavy (non-hydrogen) atoms. The number of hydrogen-bond donors (Lipinski definition) is 0. The van der Waals surface area contributed by atoms with Crippen LogP contribution in [0.5, 0.6) is 16.7 Å². The number of furan rings is 1. The lowest BCUT2D eigenvalue weighted by atomic mass is 9.98. The molecule has 0 saturated carbocycles. The van der Waals surface area contributed by atoms with Crippen molar-refractivity contribution in [2.75, 3.05) is 34.4 Å². The molecule has 0 atom stereocenters. The van der Waals surface area contributed by atoms with Gasteiger partial charge >= 0.3 is 0 Å². The SMILES string of the molecule is COc1cc(OCc2csc(C3CCN(C)CC3)n2)c2cc(-c3cn4nc(OC)sc4n3)oc2c1. The van der Waals surface area contributed by atoms with E-state index in [0.717, 1.165) is 42.0 Å². The van der Waals surface area contributed by atoms with Crippen LogP contribution in [0.1, 0.15) is 29.5 Å². The number of imidazole rings is 1. The summed E-state index contributed by atoms with van der Waals surface area (Å²) in [7, 11) is 5.40. The second-order valence-electron chi connectivity index (χ2n) is 8.62. The van der Waals surface area contributed by atoms with Crippen LogP contribution < -0.4 is 14.2 Å². The van der Waals surface area contributed by atoms with E-state index >= 15 is 0 Å². The maximum absolute atomic E-state index is 6.23. The highest BCUT2D eigenvalue weighted by atomic mass is 32.1. The standard InChI is InChI=1S/C24H25N5O4S2/c1-28-6-4-14(5-7-28)22-25-15(13-34-22)12-32-19-8-16(30-2)9-20-17(19)10-21(33-20)18-11-29-23(26-18)35-24(27-29)31-3/h8-11,13-14H,4-7,12H2,1-3H3. The van der Waals surface area contributed by atoms with E-state index in [9.17, 15) is 0 Å². The molecule has 6 rings (SSSR count). The van der Waals surface area contributed by atoms with Crippen LogP contribution in [-0.2, 0) is 6.61 Å². The molecule has 0 unspecified atom stereocenters. The summed E-state index contributed by atoms with van der Waals surface area (Å²) in [6.07, 6.45) is 4.14. The van der Waals surface area contributed by atoms with E-state index in [0.29, 0.717) is 46.3 Å². The van der Waals surface area contributed by atoms with Crippen molar-refractivity contribution < 1.29 is 18.6 Å². The second kappa shape index (κ2) is 9.14. The minimum Gasteiger partial charge on any atom is -0.496 e. The maximum atomic E-state index is 6.23. The molecule has 1 aliphatic rings. The molecule has 0 spiro atoms. The predicted octanol–water partition coefficient (Wildman–Crippen LogP) is 5.07. The summed E-state index contributed by atoms with van der Waals surface area (Å²) in [5.41, 5.74) is 2.30. The topological polar surface area (TPSA) is 87.2 Å². The van der Waals surface area contributed by atoms with Gasteiger partial charge in [-0.1, -0.05) is 0 Å². The molecule has 5 aromatic rings. The Morgan fingerprint density at radius 1 is 1.11 bits per heavy atom. The van der Waals surface area contributed by atoms with Crippen molar-refractivity contribution in [1.29, 1.82) is 0 Å². The van der Waals surface area contributed by atoms with Crippen LogP contribution in [0.4, 0.5) is 0 Å². The molecule has 0 amide bonds. The smallest absolute Gasteiger partial charge is 0.294 e. The Hall–Kier alpha value is -3.15. The third kappa shape index (κ3) is 4.35. The quantitative estimate of drug-likeness (QED) is 0.299. The zero-order valence-corrected chi connectivity index (χ0v) is 21.3. The van der Waals surface area contributed by atoms with Gasteiger partial charge in [0.25, 0.3) is 5.19 Å². The number of hydrogen-bond acceptors (Lipinski definition) is 10. The molecule has 0 radical (unpaired) electrons. The van der Waals surface area contributed by atoms with Crippen LogP contribution in [0.15, 0.2) is 34.2 Å². The molecule has 11 heteroatoms. The summed E-state index contributed by atoms with van der Waals surface area (Å²) < 4.78 is 24.7. The average molecular weight is 512 g/mol. The summed E-state index contributed by atoms with van der Waals surface area (Å²) >= 11 is 3.10. The highest BCUT2D eigenvalue weighted by Crippen LogP contribution is 2.38. The summed E-state index contributed by atoms with van der Waals surface area (Å²) in [4.78, 5) is 12.6. The van der Waals surface area contributed by atoms with E-state index < -0.39 is 0 Å². The fraction of sp³-hybridized carbons (Fsp3) is 0.375. The predicted molar refractivity (Wildman–Crippen MR) is 135 cm³/mol. The van der Waals surface area contributed by atoms with Crippen molar-refractivity contribution in [2.24, 2.45) is 0 Å². The molecule has 0 aliphatic carbocycles. The number of methoxy groups -OCH3 is 2. The molecule has 0 N–H and O–H groups in total. The molecule has 0 bridgehead atoms. The van der Waals surface area contributed by atoms with Gasteiger partial charge in [0.15, 0.2) is 5.76 Å². The number of nitrogens with zero attached hydrogens (tertiary/aromatic N) is 5. The Bertz CT molecular complexity index is 1450. The van der Waals surface area contributed by atoms with Crippen molar-refractivity contribution in [3.05, 3.63) is 40.5 Å². The van der Waals surface area contributed by atoms with E-state index in [1.807, 2.05) is 24.4 Å². The van der Waals surface area contributed by atoms with Crippen molar-refractivity contribution in [3.8, 4) is 28.1 Å². The number of fused-ring (bicyclic) bond motifs is 2. The molecule has 4 aromatic heterocycles. The van der Waals surface area contributed by atoms with Gasteiger partial charge < -0.3 is 23.5 Å². The molecular formula is C24H25N5O4S2. The largest absolute Gasteiger partial charge is 0.496 e. The molecule has 182 valence electrons. The lowest BCUT2D eigenvalue weighted by Crippen LogP contribution is -2.29. The first kappa shape index (κ1) is 22.3. The number of ether oxygens (including phenoxy) is 3. The first-order valence-corrected chi connectivity index (χ1v) is 13.1. The van der Waals surface area contributed by atoms with Crippen molar-refractivity contribution in [3.63, 3.8) is 0 Å². The van der Waals surface area contributed by atoms with Gasteiger partial charge in [-0.25, -0.2) is 14.5 Å². The highest BCUT2D eigenvalue weighted by Gasteiger charge is 2.22. The normalized spacial score (nSPS) is 15.3. The van der Waals surface area contributed by atoms with Gasteiger partial charge in [-0.05, 0) is 50.4 Å². The molecule has 1 aliphatic heterocycles. The molecule has 1 aromatic carbocycles. The molecule has 1 saturated heterocycles. The number of rotatable bonds is 7. The molecular weight excluding hydrogens is 486 g/mol. The van der Waals surface area contributed by atoms with Gasteiger partial charge in [-0.15, -0.1) is 16.4 Å². The number of benzene rings is 1. The van der Waals surface area contributed by atoms with Gasteiger partial charge in [-0.2, -0.15) is 0 Å². The van der Waals surface area contributed by atoms with E-state index in [1.54, 1.807) is 30.1 Å². The van der Waals surface area contributed by atoms with Gasteiger partial charge in [0.2, 0.25) is 4.96 Å².